The zero-order valence-corrected chi connectivity index (χ0v) is 8.37. The quantitative estimate of drug-likeness (QED) is 0.152. The number of guanidine groups is 1. The van der Waals surface area contributed by atoms with Crippen LogP contribution in [0.4, 0.5) is 0 Å². The van der Waals surface area contributed by atoms with E-state index in [0.29, 0.717) is 0 Å². The molecule has 0 aliphatic rings. The third-order valence-electron chi connectivity index (χ3n) is 0.120. The molecule has 0 saturated carbocycles. The van der Waals surface area contributed by atoms with Crippen LogP contribution in [0.25, 0.3) is 0 Å². The van der Waals surface area contributed by atoms with Gasteiger partial charge in [0.15, 0.2) is 5.96 Å². The average Bonchev–Trinajstić information content (AvgIpc) is 1.65. The number of hydrogen-bond donors (Lipinski definition) is 5. The molecule has 0 aromatic rings. The fraction of sp³-hybridized carbons (Fsp3) is 0.333. The summed E-state index contributed by atoms with van der Waals surface area (Å²) in [6.45, 7) is 1.08. The van der Waals surface area contributed by atoms with Crippen molar-refractivity contribution in [3.05, 3.63) is 0 Å². The molecule has 10 heavy (non-hydrogen) atoms. The predicted molar refractivity (Wildman–Crippen MR) is 45.9 cm³/mol. The monoisotopic (exact) mass is 233 g/mol. The van der Waals surface area contributed by atoms with Crippen molar-refractivity contribution < 1.29 is 9.90 Å². The number of carbonyl (C=O) groups is 1. The Morgan fingerprint density at radius 3 is 1.90 bits per heavy atom. The first-order valence-electron chi connectivity index (χ1n) is 1.94. The first-order valence-corrected chi connectivity index (χ1v) is 2.39. The molecule has 0 bridgehead atoms. The fourth-order valence-corrected chi connectivity index (χ4v) is 0. The Balaban J connectivity index is -0.0000000910. The van der Waals surface area contributed by atoms with E-state index in [4.69, 9.17) is 15.3 Å². The van der Waals surface area contributed by atoms with Gasteiger partial charge in [-0.25, -0.2) is 0 Å². The second-order valence-electron chi connectivity index (χ2n) is 1.04. The Morgan fingerprint density at radius 2 is 1.90 bits per heavy atom. The van der Waals surface area contributed by atoms with Crippen LogP contribution in [0, 0.1) is 5.41 Å². The summed E-state index contributed by atoms with van der Waals surface area (Å²) in [5.74, 6) is -0.965. The van der Waals surface area contributed by atoms with Gasteiger partial charge in [0.05, 0.1) is 0 Å². The molecule has 7 heteroatoms. The summed E-state index contributed by atoms with van der Waals surface area (Å²) in [6.07, 6.45) is 0. The number of nitrogens with two attached hydrogens (primary N) is 1. The van der Waals surface area contributed by atoms with Crippen LogP contribution in [-0.2, 0) is 4.79 Å². The van der Waals surface area contributed by atoms with Crippen molar-refractivity contribution in [3.63, 3.8) is 0 Å². The Kier molecular flexibility index (Phi) is 18.6. The molecule has 0 rings (SSSR count). The van der Waals surface area contributed by atoms with E-state index in [1.165, 1.54) is 0 Å². The molecule has 0 atom stereocenters. The van der Waals surface area contributed by atoms with Crippen LogP contribution in [0.2, 0.25) is 0 Å². The minimum atomic E-state index is -0.833. The van der Waals surface area contributed by atoms with Crippen molar-refractivity contribution >= 4 is 41.8 Å². The molecular formula is C3H11N3O2SSe. The SMILES string of the molecule is CC(=O)O.N=C(N)NS.[SeH2]. The summed E-state index contributed by atoms with van der Waals surface area (Å²) in [6, 6.07) is 0. The zero-order chi connectivity index (χ0) is 7.86. The van der Waals surface area contributed by atoms with E-state index in [1.54, 1.807) is 0 Å². The van der Waals surface area contributed by atoms with Gasteiger partial charge in [-0.1, -0.05) is 12.8 Å². The van der Waals surface area contributed by atoms with Crippen molar-refractivity contribution in [2.75, 3.05) is 0 Å². The van der Waals surface area contributed by atoms with Crippen molar-refractivity contribution in [2.45, 2.75) is 6.92 Å². The molecule has 0 unspecified atom stereocenters. The van der Waals surface area contributed by atoms with Crippen LogP contribution < -0.4 is 10.5 Å². The standard InChI is InChI=1S/C2H4O2.CH5N3S.H2Se/c1-2(3)4;2-1(3)4-5;/h1H3,(H,3,4);5H,(H4,2,3,4);1H2. The molecule has 0 saturated heterocycles. The second-order valence-corrected chi connectivity index (χ2v) is 1.27. The number of hydrogen-bond acceptors (Lipinski definition) is 3. The van der Waals surface area contributed by atoms with Crippen LogP contribution in [0.5, 0.6) is 0 Å². The second kappa shape index (κ2) is 11.4. The van der Waals surface area contributed by atoms with E-state index < -0.39 is 5.97 Å². The Labute approximate surface area is 74.9 Å². The maximum absolute atomic E-state index is 9.00. The van der Waals surface area contributed by atoms with E-state index in [1.807, 2.05) is 0 Å². The third-order valence-corrected chi connectivity index (χ3v) is 0.361. The van der Waals surface area contributed by atoms with Crippen LogP contribution in [0.1, 0.15) is 6.92 Å². The van der Waals surface area contributed by atoms with Crippen LogP contribution in [-0.4, -0.2) is 34.1 Å². The van der Waals surface area contributed by atoms with Crippen LogP contribution in [0.3, 0.4) is 0 Å². The zero-order valence-electron chi connectivity index (χ0n) is 5.38. The third kappa shape index (κ3) is 128. The van der Waals surface area contributed by atoms with Crippen LogP contribution >= 0.6 is 12.8 Å². The summed E-state index contributed by atoms with van der Waals surface area (Å²) in [5.41, 5.74) is 4.69. The maximum atomic E-state index is 9.00. The van der Waals surface area contributed by atoms with Crippen molar-refractivity contribution in [1.29, 1.82) is 5.41 Å². The molecule has 0 aliphatic carbocycles. The van der Waals surface area contributed by atoms with E-state index >= 15 is 0 Å². The number of aliphatic carboxylic acids is 1. The van der Waals surface area contributed by atoms with Gasteiger partial charge in [0, 0.05) is 6.92 Å². The molecule has 0 heterocycles. The number of nitrogens with one attached hydrogen (secondary N) is 2. The van der Waals surface area contributed by atoms with Crippen LogP contribution in [0.15, 0.2) is 0 Å². The molecular weight excluding hydrogens is 221 g/mol. The molecule has 5 N–H and O–H groups in total. The molecule has 0 spiro atoms. The molecule has 5 nitrogen and oxygen atoms in total. The van der Waals surface area contributed by atoms with E-state index in [0.717, 1.165) is 6.92 Å². The molecule has 0 aromatic heterocycles. The average molecular weight is 232 g/mol. The molecule has 0 aromatic carbocycles. The number of carboxylic acids is 1. The summed E-state index contributed by atoms with van der Waals surface area (Å²) < 4.78 is 2.08. The van der Waals surface area contributed by atoms with Gasteiger partial charge in [-0.15, -0.1) is 0 Å². The fourth-order valence-electron chi connectivity index (χ4n) is 0. The molecule has 0 fully saturated rings. The summed E-state index contributed by atoms with van der Waals surface area (Å²) >= 11 is 3.42. The van der Waals surface area contributed by atoms with Crippen molar-refractivity contribution in [1.82, 2.24) is 4.72 Å². The van der Waals surface area contributed by atoms with Gasteiger partial charge in [0.2, 0.25) is 0 Å². The van der Waals surface area contributed by atoms with Crippen molar-refractivity contribution in [2.24, 2.45) is 5.73 Å². The van der Waals surface area contributed by atoms with Gasteiger partial charge in [-0.2, -0.15) is 0 Å². The number of carboxylic acid groups (broad SMARTS) is 1. The first-order chi connectivity index (χ1) is 4.00. The normalized spacial score (nSPS) is 5.80. The Hall–Kier alpha value is -0.391. The van der Waals surface area contributed by atoms with Gasteiger partial charge in [-0.3, -0.25) is 10.2 Å². The van der Waals surface area contributed by atoms with Gasteiger partial charge in [0.1, 0.15) is 0 Å². The molecule has 62 valence electrons. The minimum absolute atomic E-state index is 0. The number of rotatable bonds is 0. The number of thiol groups is 1. The van der Waals surface area contributed by atoms with Gasteiger partial charge >= 0.3 is 17.1 Å². The molecule has 0 radical (unpaired) electrons. The van der Waals surface area contributed by atoms with E-state index in [2.05, 4.69) is 23.3 Å². The van der Waals surface area contributed by atoms with Gasteiger partial charge < -0.3 is 15.6 Å². The predicted octanol–water partition coefficient (Wildman–Crippen LogP) is -1.51. The van der Waals surface area contributed by atoms with E-state index in [-0.39, 0.29) is 23.0 Å². The van der Waals surface area contributed by atoms with Gasteiger partial charge in [-0.05, 0) is 0 Å². The molecule has 0 amide bonds. The summed E-state index contributed by atoms with van der Waals surface area (Å²) in [5, 5.41) is 13.8. The van der Waals surface area contributed by atoms with Gasteiger partial charge in [0.25, 0.3) is 5.97 Å². The first kappa shape index (κ1) is 16.3. The Bertz CT molecular complexity index is 106. The van der Waals surface area contributed by atoms with Crippen molar-refractivity contribution in [3.8, 4) is 0 Å². The summed E-state index contributed by atoms with van der Waals surface area (Å²) in [7, 11) is 0. The summed E-state index contributed by atoms with van der Waals surface area (Å²) in [4.78, 5) is 9.00. The molecule has 0 aliphatic heterocycles. The topological polar surface area (TPSA) is 99.2 Å². The van der Waals surface area contributed by atoms with E-state index in [9.17, 15) is 0 Å². The Morgan fingerprint density at radius 1 is 1.80 bits per heavy atom.